The van der Waals surface area contributed by atoms with Gasteiger partial charge in [0.05, 0.1) is 13.2 Å². The first-order chi connectivity index (χ1) is 6.83. The van der Waals surface area contributed by atoms with Crippen LogP contribution in [-0.4, -0.2) is 60.5 Å². The molecule has 0 bridgehead atoms. The lowest BCUT2D eigenvalue weighted by molar-refractivity contribution is -0.117. The second-order valence-electron chi connectivity index (χ2n) is 4.70. The molecule has 1 atom stereocenters. The van der Waals surface area contributed by atoms with Crippen molar-refractivity contribution < 1.29 is 4.79 Å². The second kappa shape index (κ2) is 3.29. The zero-order valence-corrected chi connectivity index (χ0v) is 8.41. The molecule has 1 N–H and O–H groups in total. The first kappa shape index (κ1) is 8.83. The summed E-state index contributed by atoms with van der Waals surface area (Å²) in [6.07, 6.45) is 1.99. The average molecular weight is 195 g/mol. The van der Waals surface area contributed by atoms with Gasteiger partial charge >= 0.3 is 0 Å². The Balaban J connectivity index is 1.63. The number of nitrogens with zero attached hydrogens (tertiary/aromatic N) is 2. The first-order valence-electron chi connectivity index (χ1n) is 5.53. The van der Waals surface area contributed by atoms with Crippen LogP contribution in [0, 0.1) is 0 Å². The smallest absolute Gasteiger partial charge is 0.148 e. The van der Waals surface area contributed by atoms with Gasteiger partial charge in [0.15, 0.2) is 0 Å². The second-order valence-corrected chi connectivity index (χ2v) is 4.70. The van der Waals surface area contributed by atoms with Gasteiger partial charge in [0.25, 0.3) is 0 Å². The fourth-order valence-corrected chi connectivity index (χ4v) is 2.71. The molecule has 4 heteroatoms. The minimum Gasteiger partial charge on any atom is -0.314 e. The zero-order chi connectivity index (χ0) is 9.54. The van der Waals surface area contributed by atoms with Crippen molar-refractivity contribution in [3.05, 3.63) is 0 Å². The van der Waals surface area contributed by atoms with E-state index in [0.29, 0.717) is 18.4 Å². The van der Waals surface area contributed by atoms with Crippen LogP contribution in [0.3, 0.4) is 0 Å². The summed E-state index contributed by atoms with van der Waals surface area (Å²) in [7, 11) is 0. The molecule has 3 rings (SSSR count). The number of fused-ring (bicyclic) bond motifs is 1. The highest BCUT2D eigenvalue weighted by Gasteiger charge is 2.37. The normalized spacial score (nSPS) is 35.7. The van der Waals surface area contributed by atoms with E-state index in [1.165, 1.54) is 13.0 Å². The van der Waals surface area contributed by atoms with Crippen LogP contribution >= 0.6 is 0 Å². The maximum atomic E-state index is 11.3. The molecule has 14 heavy (non-hydrogen) atoms. The first-order valence-corrected chi connectivity index (χ1v) is 5.53. The number of hydrogen-bond donors (Lipinski definition) is 1. The highest BCUT2D eigenvalue weighted by atomic mass is 16.1. The van der Waals surface area contributed by atoms with Gasteiger partial charge in [-0.05, 0) is 6.42 Å². The predicted octanol–water partition coefficient (Wildman–Crippen LogP) is -0.735. The monoisotopic (exact) mass is 195 g/mol. The summed E-state index contributed by atoms with van der Waals surface area (Å²) in [6.45, 7) is 5.16. The molecule has 78 valence electrons. The number of ketones is 1. The fourth-order valence-electron chi connectivity index (χ4n) is 2.71. The Labute approximate surface area is 84.2 Å². The molecule has 3 heterocycles. The van der Waals surface area contributed by atoms with Crippen LogP contribution in [0.2, 0.25) is 0 Å². The van der Waals surface area contributed by atoms with Gasteiger partial charge in [-0.3, -0.25) is 14.6 Å². The third kappa shape index (κ3) is 1.38. The molecule has 0 amide bonds. The molecule has 3 aliphatic rings. The maximum Gasteiger partial charge on any atom is 0.148 e. The van der Waals surface area contributed by atoms with Crippen LogP contribution in [0.5, 0.6) is 0 Å². The van der Waals surface area contributed by atoms with Crippen LogP contribution in [-0.2, 0) is 4.79 Å². The fraction of sp³-hybridized carbons (Fsp3) is 0.900. The molecule has 0 aromatic heterocycles. The maximum absolute atomic E-state index is 11.3. The molecule has 0 saturated carbocycles. The Kier molecular flexibility index (Phi) is 2.08. The molecule has 0 unspecified atom stereocenters. The number of carbonyl (C=O) groups excluding carboxylic acids is 1. The quantitative estimate of drug-likeness (QED) is 0.598. The van der Waals surface area contributed by atoms with Gasteiger partial charge in [0.2, 0.25) is 0 Å². The number of carbonyl (C=O) groups is 1. The van der Waals surface area contributed by atoms with Crippen molar-refractivity contribution in [2.24, 2.45) is 0 Å². The molecule has 3 saturated heterocycles. The van der Waals surface area contributed by atoms with Crippen molar-refractivity contribution in [2.45, 2.75) is 24.9 Å². The van der Waals surface area contributed by atoms with E-state index in [0.717, 1.165) is 32.2 Å². The number of nitrogens with one attached hydrogen (secondary N) is 1. The summed E-state index contributed by atoms with van der Waals surface area (Å²) in [6, 6.07) is 1.29. The van der Waals surface area contributed by atoms with Gasteiger partial charge in [-0.1, -0.05) is 0 Å². The predicted molar refractivity (Wildman–Crippen MR) is 53.0 cm³/mol. The minimum absolute atomic E-state index is 0.434. The summed E-state index contributed by atoms with van der Waals surface area (Å²) in [5, 5.41) is 3.30. The Hall–Kier alpha value is -0.450. The van der Waals surface area contributed by atoms with Gasteiger partial charge in [-0.2, -0.15) is 0 Å². The lowest BCUT2D eigenvalue weighted by Gasteiger charge is -2.45. The van der Waals surface area contributed by atoms with Crippen LogP contribution in [0.4, 0.5) is 0 Å². The average Bonchev–Trinajstić information content (AvgIpc) is 2.40. The molecule has 0 aliphatic carbocycles. The molecule has 0 spiro atoms. The Morgan fingerprint density at radius 1 is 1.21 bits per heavy atom. The van der Waals surface area contributed by atoms with E-state index in [4.69, 9.17) is 0 Å². The SMILES string of the molecule is O=C1C[C@@H]2CCN(C3CNC3)CN2C1. The molecular formula is C10H17N3O. The Morgan fingerprint density at radius 3 is 2.79 bits per heavy atom. The van der Waals surface area contributed by atoms with Crippen LogP contribution < -0.4 is 5.32 Å². The van der Waals surface area contributed by atoms with E-state index in [2.05, 4.69) is 15.1 Å². The van der Waals surface area contributed by atoms with Crippen molar-refractivity contribution >= 4 is 5.78 Å². The standard InChI is InChI=1S/C10H17N3O/c14-10-3-8-1-2-12(7-13(8)6-10)9-4-11-5-9/h8-9,11H,1-7H2/t8-/m0/s1. The topological polar surface area (TPSA) is 35.6 Å². The summed E-state index contributed by atoms with van der Waals surface area (Å²) < 4.78 is 0. The molecule has 0 radical (unpaired) electrons. The largest absolute Gasteiger partial charge is 0.314 e. The van der Waals surface area contributed by atoms with E-state index < -0.39 is 0 Å². The lowest BCUT2D eigenvalue weighted by atomic mass is 10.1. The van der Waals surface area contributed by atoms with Crippen molar-refractivity contribution in [1.82, 2.24) is 15.1 Å². The summed E-state index contributed by atoms with van der Waals surface area (Å²) >= 11 is 0. The van der Waals surface area contributed by atoms with Gasteiger partial charge < -0.3 is 5.32 Å². The molecular weight excluding hydrogens is 178 g/mol. The molecule has 3 fully saturated rings. The molecule has 4 nitrogen and oxygen atoms in total. The third-order valence-electron chi connectivity index (χ3n) is 3.75. The summed E-state index contributed by atoms with van der Waals surface area (Å²) in [4.78, 5) is 16.2. The van der Waals surface area contributed by atoms with Crippen LogP contribution in [0.25, 0.3) is 0 Å². The van der Waals surface area contributed by atoms with Crippen molar-refractivity contribution in [1.29, 1.82) is 0 Å². The highest BCUT2D eigenvalue weighted by molar-refractivity contribution is 5.83. The van der Waals surface area contributed by atoms with Crippen LogP contribution in [0.15, 0.2) is 0 Å². The van der Waals surface area contributed by atoms with E-state index >= 15 is 0 Å². The lowest BCUT2D eigenvalue weighted by Crippen LogP contribution is -2.62. The molecule has 3 aliphatic heterocycles. The number of hydrogen-bond acceptors (Lipinski definition) is 4. The summed E-state index contributed by atoms with van der Waals surface area (Å²) in [5.74, 6) is 0.434. The molecule has 0 aromatic carbocycles. The third-order valence-corrected chi connectivity index (χ3v) is 3.75. The van der Waals surface area contributed by atoms with E-state index in [1.807, 2.05) is 0 Å². The Bertz CT molecular complexity index is 252. The summed E-state index contributed by atoms with van der Waals surface area (Å²) in [5.41, 5.74) is 0. The van der Waals surface area contributed by atoms with Gasteiger partial charge in [-0.25, -0.2) is 0 Å². The zero-order valence-electron chi connectivity index (χ0n) is 8.41. The molecule has 0 aromatic rings. The highest BCUT2D eigenvalue weighted by Crippen LogP contribution is 2.24. The van der Waals surface area contributed by atoms with E-state index in [1.54, 1.807) is 0 Å². The van der Waals surface area contributed by atoms with Crippen molar-refractivity contribution in [3.8, 4) is 0 Å². The Morgan fingerprint density at radius 2 is 2.07 bits per heavy atom. The van der Waals surface area contributed by atoms with E-state index in [9.17, 15) is 4.79 Å². The van der Waals surface area contributed by atoms with Crippen molar-refractivity contribution in [2.75, 3.05) is 32.8 Å². The van der Waals surface area contributed by atoms with Crippen molar-refractivity contribution in [3.63, 3.8) is 0 Å². The minimum atomic E-state index is 0.434. The van der Waals surface area contributed by atoms with Gasteiger partial charge in [0.1, 0.15) is 5.78 Å². The number of Topliss-reactive ketones (excluding diaryl/α,β-unsaturated/α-hetero) is 1. The van der Waals surface area contributed by atoms with E-state index in [-0.39, 0.29) is 0 Å². The number of rotatable bonds is 1. The van der Waals surface area contributed by atoms with Gasteiger partial charge in [0, 0.05) is 38.1 Å². The van der Waals surface area contributed by atoms with Crippen LogP contribution in [0.1, 0.15) is 12.8 Å². The van der Waals surface area contributed by atoms with Gasteiger partial charge in [-0.15, -0.1) is 0 Å².